The fourth-order valence-electron chi connectivity index (χ4n) is 2.05. The molecule has 16 heavy (non-hydrogen) atoms. The predicted molar refractivity (Wildman–Crippen MR) is 59.6 cm³/mol. The minimum atomic E-state index is 0.289. The van der Waals surface area contributed by atoms with Gasteiger partial charge in [-0.2, -0.15) is 0 Å². The topological polar surface area (TPSA) is 62.3 Å². The maximum Gasteiger partial charge on any atom is 0.231 e. The molecular formula is C11H13N3O2. The first-order valence-electron chi connectivity index (χ1n) is 5.26. The van der Waals surface area contributed by atoms with E-state index in [-0.39, 0.29) is 6.79 Å². The first-order chi connectivity index (χ1) is 7.79. The Bertz CT molecular complexity index is 548. The molecule has 0 spiro atoms. The van der Waals surface area contributed by atoms with Gasteiger partial charge >= 0.3 is 0 Å². The van der Waals surface area contributed by atoms with E-state index in [1.54, 1.807) is 0 Å². The standard InChI is InChI=1S/C11H13N3O2/c1-7-13-8-4-10-11(16-6-15-10)5-9(8)14(7)3-2-12/h4-5H,2-3,6,12H2,1H3. The van der Waals surface area contributed by atoms with Crippen molar-refractivity contribution in [1.29, 1.82) is 0 Å². The van der Waals surface area contributed by atoms with Crippen LogP contribution >= 0.6 is 0 Å². The molecule has 0 fully saturated rings. The van der Waals surface area contributed by atoms with Crippen molar-refractivity contribution >= 4 is 11.0 Å². The lowest BCUT2D eigenvalue weighted by molar-refractivity contribution is 0.174. The van der Waals surface area contributed by atoms with Gasteiger partial charge in [0.1, 0.15) is 5.82 Å². The second-order valence-corrected chi connectivity index (χ2v) is 3.79. The normalized spacial score (nSPS) is 13.6. The number of benzene rings is 1. The number of imidazole rings is 1. The Morgan fingerprint density at radius 1 is 1.38 bits per heavy atom. The van der Waals surface area contributed by atoms with E-state index in [0.29, 0.717) is 6.54 Å². The minimum Gasteiger partial charge on any atom is -0.454 e. The Morgan fingerprint density at radius 3 is 2.88 bits per heavy atom. The van der Waals surface area contributed by atoms with E-state index in [1.807, 2.05) is 19.1 Å². The van der Waals surface area contributed by atoms with Crippen LogP contribution in [0.4, 0.5) is 0 Å². The van der Waals surface area contributed by atoms with E-state index in [1.165, 1.54) is 0 Å². The van der Waals surface area contributed by atoms with Gasteiger partial charge in [-0.1, -0.05) is 0 Å². The average molecular weight is 219 g/mol. The number of nitrogens with two attached hydrogens (primary N) is 1. The number of ether oxygens (including phenoxy) is 2. The Labute approximate surface area is 92.8 Å². The summed E-state index contributed by atoms with van der Waals surface area (Å²) >= 11 is 0. The van der Waals surface area contributed by atoms with E-state index < -0.39 is 0 Å². The molecule has 5 heteroatoms. The summed E-state index contributed by atoms with van der Waals surface area (Å²) < 4.78 is 12.8. The number of nitrogens with zero attached hydrogens (tertiary/aromatic N) is 2. The highest BCUT2D eigenvalue weighted by atomic mass is 16.7. The summed E-state index contributed by atoms with van der Waals surface area (Å²) in [6.45, 7) is 3.63. The Kier molecular flexibility index (Phi) is 2.00. The summed E-state index contributed by atoms with van der Waals surface area (Å²) in [7, 11) is 0. The fraction of sp³-hybridized carbons (Fsp3) is 0.364. The van der Waals surface area contributed by atoms with Crippen molar-refractivity contribution in [2.75, 3.05) is 13.3 Å². The van der Waals surface area contributed by atoms with Crippen LogP contribution in [-0.4, -0.2) is 22.9 Å². The molecule has 84 valence electrons. The lowest BCUT2D eigenvalue weighted by atomic mass is 10.2. The smallest absolute Gasteiger partial charge is 0.231 e. The van der Waals surface area contributed by atoms with Gasteiger partial charge in [0.25, 0.3) is 0 Å². The number of hydrogen-bond donors (Lipinski definition) is 1. The maximum absolute atomic E-state index is 5.59. The SMILES string of the molecule is Cc1nc2cc3c(cc2n1CCN)OCO3. The molecule has 0 saturated carbocycles. The quantitative estimate of drug-likeness (QED) is 0.819. The molecule has 1 aromatic heterocycles. The van der Waals surface area contributed by atoms with E-state index in [9.17, 15) is 0 Å². The van der Waals surface area contributed by atoms with Gasteiger partial charge in [-0.25, -0.2) is 4.98 Å². The minimum absolute atomic E-state index is 0.289. The second kappa shape index (κ2) is 3.38. The van der Waals surface area contributed by atoms with Crippen LogP contribution in [0.25, 0.3) is 11.0 Å². The molecule has 0 radical (unpaired) electrons. The van der Waals surface area contributed by atoms with Crippen molar-refractivity contribution in [3.05, 3.63) is 18.0 Å². The molecule has 0 unspecified atom stereocenters. The molecule has 0 atom stereocenters. The molecule has 3 rings (SSSR count). The second-order valence-electron chi connectivity index (χ2n) is 3.79. The van der Waals surface area contributed by atoms with Crippen molar-refractivity contribution in [3.63, 3.8) is 0 Å². The van der Waals surface area contributed by atoms with Gasteiger partial charge in [0.15, 0.2) is 11.5 Å². The molecule has 0 amide bonds. The summed E-state index contributed by atoms with van der Waals surface area (Å²) in [5.41, 5.74) is 7.56. The summed E-state index contributed by atoms with van der Waals surface area (Å²) in [6.07, 6.45) is 0. The van der Waals surface area contributed by atoms with E-state index in [2.05, 4.69) is 9.55 Å². The third-order valence-corrected chi connectivity index (χ3v) is 2.79. The van der Waals surface area contributed by atoms with Gasteiger partial charge in [-0.3, -0.25) is 0 Å². The van der Waals surface area contributed by atoms with Crippen LogP contribution in [-0.2, 0) is 6.54 Å². The van der Waals surface area contributed by atoms with E-state index in [4.69, 9.17) is 15.2 Å². The first kappa shape index (κ1) is 9.47. The van der Waals surface area contributed by atoms with Gasteiger partial charge in [0, 0.05) is 25.2 Å². The Hall–Kier alpha value is -1.75. The van der Waals surface area contributed by atoms with Crippen molar-refractivity contribution in [3.8, 4) is 11.5 Å². The van der Waals surface area contributed by atoms with E-state index >= 15 is 0 Å². The van der Waals surface area contributed by atoms with Crippen LogP contribution in [0.3, 0.4) is 0 Å². The molecule has 5 nitrogen and oxygen atoms in total. The maximum atomic E-state index is 5.59. The van der Waals surface area contributed by atoms with Gasteiger partial charge in [0.05, 0.1) is 11.0 Å². The molecule has 1 aromatic carbocycles. The highest BCUT2D eigenvalue weighted by Gasteiger charge is 2.17. The molecular weight excluding hydrogens is 206 g/mol. The monoisotopic (exact) mass is 219 g/mol. The van der Waals surface area contributed by atoms with Crippen molar-refractivity contribution in [2.24, 2.45) is 5.73 Å². The molecule has 2 aromatic rings. The zero-order valence-electron chi connectivity index (χ0n) is 9.06. The average Bonchev–Trinajstić information content (AvgIpc) is 2.81. The highest BCUT2D eigenvalue weighted by molar-refractivity contribution is 5.81. The molecule has 2 N–H and O–H groups in total. The van der Waals surface area contributed by atoms with Crippen LogP contribution in [0.2, 0.25) is 0 Å². The molecule has 1 aliphatic rings. The molecule has 2 heterocycles. The lowest BCUT2D eigenvalue weighted by Gasteiger charge is -2.04. The number of aryl methyl sites for hydroxylation is 1. The first-order valence-corrected chi connectivity index (χ1v) is 5.26. The number of hydrogen-bond acceptors (Lipinski definition) is 4. The van der Waals surface area contributed by atoms with Crippen LogP contribution in [0.15, 0.2) is 12.1 Å². The van der Waals surface area contributed by atoms with Crippen LogP contribution in [0, 0.1) is 6.92 Å². The zero-order chi connectivity index (χ0) is 11.1. The molecule has 0 aliphatic carbocycles. The summed E-state index contributed by atoms with van der Waals surface area (Å²) in [4.78, 5) is 4.48. The van der Waals surface area contributed by atoms with Gasteiger partial charge in [-0.15, -0.1) is 0 Å². The molecule has 0 saturated heterocycles. The largest absolute Gasteiger partial charge is 0.454 e. The molecule has 1 aliphatic heterocycles. The van der Waals surface area contributed by atoms with Gasteiger partial charge in [0.2, 0.25) is 6.79 Å². The van der Waals surface area contributed by atoms with Crippen LogP contribution < -0.4 is 15.2 Å². The summed E-state index contributed by atoms with van der Waals surface area (Å²) in [5.74, 6) is 2.51. The van der Waals surface area contributed by atoms with Crippen LogP contribution in [0.1, 0.15) is 5.82 Å². The van der Waals surface area contributed by atoms with Crippen molar-refractivity contribution in [1.82, 2.24) is 9.55 Å². The van der Waals surface area contributed by atoms with E-state index in [0.717, 1.165) is 34.9 Å². The number of fused-ring (bicyclic) bond motifs is 2. The summed E-state index contributed by atoms with van der Waals surface area (Å²) in [5, 5.41) is 0. The number of aromatic nitrogens is 2. The highest BCUT2D eigenvalue weighted by Crippen LogP contribution is 2.35. The summed E-state index contributed by atoms with van der Waals surface area (Å²) in [6, 6.07) is 3.88. The fourth-order valence-corrected chi connectivity index (χ4v) is 2.05. The lowest BCUT2D eigenvalue weighted by Crippen LogP contribution is -2.10. The van der Waals surface area contributed by atoms with Crippen molar-refractivity contribution in [2.45, 2.75) is 13.5 Å². The third kappa shape index (κ3) is 1.25. The van der Waals surface area contributed by atoms with Gasteiger partial charge < -0.3 is 19.8 Å². The van der Waals surface area contributed by atoms with Gasteiger partial charge in [-0.05, 0) is 6.92 Å². The van der Waals surface area contributed by atoms with Crippen LogP contribution in [0.5, 0.6) is 11.5 Å². The van der Waals surface area contributed by atoms with Crippen molar-refractivity contribution < 1.29 is 9.47 Å². The zero-order valence-corrected chi connectivity index (χ0v) is 9.06. The Morgan fingerprint density at radius 2 is 2.12 bits per heavy atom. The Balaban J connectivity index is 2.23. The number of rotatable bonds is 2. The third-order valence-electron chi connectivity index (χ3n) is 2.79. The molecule has 0 bridgehead atoms. The predicted octanol–water partition coefficient (Wildman–Crippen LogP) is 1.03.